The van der Waals surface area contributed by atoms with Crippen LogP contribution in [0.5, 0.6) is 0 Å². The Hall–Kier alpha value is -1.83. The lowest BCUT2D eigenvalue weighted by Crippen LogP contribution is -2.51. The van der Waals surface area contributed by atoms with Crippen LogP contribution in [0.4, 0.5) is 4.79 Å². The topological polar surface area (TPSA) is 110 Å². The van der Waals surface area contributed by atoms with Crippen LogP contribution in [0.15, 0.2) is 0 Å². The quantitative estimate of drug-likeness (QED) is 0.622. The minimum atomic E-state index is -1.23. The van der Waals surface area contributed by atoms with Crippen LogP contribution in [0.2, 0.25) is 0 Å². The fourth-order valence-corrected chi connectivity index (χ4v) is 3.03. The highest BCUT2D eigenvalue weighted by molar-refractivity contribution is 5.84. The summed E-state index contributed by atoms with van der Waals surface area (Å²) < 4.78 is 0. The summed E-state index contributed by atoms with van der Waals surface area (Å²) in [5.74, 6) is -2.45. The summed E-state index contributed by atoms with van der Waals surface area (Å²) in [6.45, 7) is 0.733. The predicted octanol–water partition coefficient (Wildman–Crippen LogP) is -0.596. The molecule has 0 aromatic heterocycles. The van der Waals surface area contributed by atoms with Gasteiger partial charge in [-0.1, -0.05) is 0 Å². The number of nitrogens with one attached hydrogen (secondary N) is 1. The average molecular weight is 285 g/mol. The van der Waals surface area contributed by atoms with Crippen molar-refractivity contribution < 1.29 is 24.6 Å². The summed E-state index contributed by atoms with van der Waals surface area (Å²) in [6, 6.07) is -0.334. The van der Waals surface area contributed by atoms with Crippen LogP contribution in [0.25, 0.3) is 0 Å². The Morgan fingerprint density at radius 1 is 1.10 bits per heavy atom. The molecule has 2 aliphatic heterocycles. The van der Waals surface area contributed by atoms with E-state index in [1.807, 2.05) is 0 Å². The SMILES string of the molecule is O=C(O)CN(CC(=O)O)C(=O)NC1CCN2CCCC12. The van der Waals surface area contributed by atoms with Gasteiger partial charge >= 0.3 is 18.0 Å². The van der Waals surface area contributed by atoms with Crippen molar-refractivity contribution in [3.8, 4) is 0 Å². The summed E-state index contributed by atoms with van der Waals surface area (Å²) in [5, 5.41) is 20.2. The van der Waals surface area contributed by atoms with Crippen LogP contribution >= 0.6 is 0 Å². The van der Waals surface area contributed by atoms with Crippen molar-refractivity contribution in [2.45, 2.75) is 31.3 Å². The van der Waals surface area contributed by atoms with Crippen LogP contribution in [0.3, 0.4) is 0 Å². The second-order valence-corrected chi connectivity index (χ2v) is 5.23. The maximum atomic E-state index is 12.0. The highest BCUT2D eigenvalue weighted by Crippen LogP contribution is 2.27. The lowest BCUT2D eigenvalue weighted by Gasteiger charge is -2.25. The molecule has 8 nitrogen and oxygen atoms in total. The smallest absolute Gasteiger partial charge is 0.323 e. The molecule has 2 heterocycles. The molecule has 0 saturated carbocycles. The van der Waals surface area contributed by atoms with Gasteiger partial charge in [-0.2, -0.15) is 0 Å². The molecular weight excluding hydrogens is 266 g/mol. The molecule has 2 atom stereocenters. The Morgan fingerprint density at radius 3 is 2.35 bits per heavy atom. The van der Waals surface area contributed by atoms with Crippen molar-refractivity contribution in [2.75, 3.05) is 26.2 Å². The zero-order valence-electron chi connectivity index (χ0n) is 11.1. The van der Waals surface area contributed by atoms with E-state index in [1.165, 1.54) is 0 Å². The second kappa shape index (κ2) is 6.08. The monoisotopic (exact) mass is 285 g/mol. The van der Waals surface area contributed by atoms with Crippen LogP contribution in [0, 0.1) is 0 Å². The Labute approximate surface area is 116 Å². The van der Waals surface area contributed by atoms with Gasteiger partial charge in [-0.3, -0.25) is 14.5 Å². The summed E-state index contributed by atoms with van der Waals surface area (Å²) >= 11 is 0. The number of carbonyl (C=O) groups is 3. The van der Waals surface area contributed by atoms with Crippen molar-refractivity contribution in [3.63, 3.8) is 0 Å². The van der Waals surface area contributed by atoms with Gasteiger partial charge in [-0.25, -0.2) is 4.79 Å². The molecule has 20 heavy (non-hydrogen) atoms. The maximum Gasteiger partial charge on any atom is 0.323 e. The van der Waals surface area contributed by atoms with E-state index < -0.39 is 31.1 Å². The molecule has 2 amide bonds. The van der Waals surface area contributed by atoms with Crippen molar-refractivity contribution in [2.24, 2.45) is 0 Å². The molecule has 0 aliphatic carbocycles. The summed E-state index contributed by atoms with van der Waals surface area (Å²) in [4.78, 5) is 36.5. The van der Waals surface area contributed by atoms with Gasteiger partial charge in [-0.15, -0.1) is 0 Å². The van der Waals surface area contributed by atoms with Crippen LogP contribution in [0.1, 0.15) is 19.3 Å². The predicted molar refractivity (Wildman–Crippen MR) is 68.4 cm³/mol. The van der Waals surface area contributed by atoms with E-state index in [1.54, 1.807) is 0 Å². The lowest BCUT2D eigenvalue weighted by atomic mass is 10.1. The molecule has 0 spiro atoms. The van der Waals surface area contributed by atoms with Gasteiger partial charge in [-0.05, 0) is 25.8 Å². The number of hydrogen-bond acceptors (Lipinski definition) is 4. The highest BCUT2D eigenvalue weighted by atomic mass is 16.4. The first kappa shape index (κ1) is 14.6. The molecule has 0 bridgehead atoms. The van der Waals surface area contributed by atoms with Gasteiger partial charge < -0.3 is 20.4 Å². The molecule has 2 saturated heterocycles. The molecule has 0 aromatic carbocycles. The Balaban J connectivity index is 1.93. The van der Waals surface area contributed by atoms with Crippen LogP contribution < -0.4 is 5.32 Å². The Bertz CT molecular complexity index is 398. The first-order chi connectivity index (χ1) is 9.47. The van der Waals surface area contributed by atoms with Crippen LogP contribution in [-0.2, 0) is 9.59 Å². The number of carbonyl (C=O) groups excluding carboxylic acids is 1. The molecule has 3 N–H and O–H groups in total. The number of rotatable bonds is 5. The third-order valence-corrected chi connectivity index (χ3v) is 3.85. The fourth-order valence-electron chi connectivity index (χ4n) is 3.03. The molecule has 2 fully saturated rings. The van der Waals surface area contributed by atoms with E-state index in [0.717, 1.165) is 37.3 Å². The van der Waals surface area contributed by atoms with Crippen molar-refractivity contribution in [1.29, 1.82) is 0 Å². The summed E-state index contributed by atoms with van der Waals surface area (Å²) in [5.41, 5.74) is 0. The van der Waals surface area contributed by atoms with Gasteiger partial charge in [0.2, 0.25) is 0 Å². The van der Waals surface area contributed by atoms with Crippen LogP contribution in [-0.4, -0.2) is 76.2 Å². The third kappa shape index (κ3) is 3.38. The zero-order chi connectivity index (χ0) is 14.7. The molecule has 0 radical (unpaired) electrons. The number of hydrogen-bond donors (Lipinski definition) is 3. The maximum absolute atomic E-state index is 12.0. The summed E-state index contributed by atoms with van der Waals surface area (Å²) in [6.07, 6.45) is 2.94. The number of nitrogens with zero attached hydrogens (tertiary/aromatic N) is 2. The third-order valence-electron chi connectivity index (χ3n) is 3.85. The first-order valence-corrected chi connectivity index (χ1v) is 6.70. The van der Waals surface area contributed by atoms with Gasteiger partial charge in [0, 0.05) is 18.6 Å². The van der Waals surface area contributed by atoms with Gasteiger partial charge in [0.25, 0.3) is 0 Å². The first-order valence-electron chi connectivity index (χ1n) is 6.70. The van der Waals surface area contributed by atoms with Crippen molar-refractivity contribution in [1.82, 2.24) is 15.1 Å². The standard InChI is InChI=1S/C12H19N3O5/c16-10(17)6-15(7-11(18)19)12(20)13-8-3-5-14-4-1-2-9(8)14/h8-9H,1-7H2,(H,13,20)(H,16,17)(H,18,19). The Morgan fingerprint density at radius 2 is 1.75 bits per heavy atom. The number of carboxylic acid groups (broad SMARTS) is 2. The zero-order valence-corrected chi connectivity index (χ0v) is 11.1. The number of fused-ring (bicyclic) bond motifs is 1. The van der Waals surface area contributed by atoms with E-state index >= 15 is 0 Å². The van der Waals surface area contributed by atoms with E-state index in [9.17, 15) is 14.4 Å². The minimum absolute atomic E-state index is 0.0184. The molecule has 2 rings (SSSR count). The van der Waals surface area contributed by atoms with Gasteiger partial charge in [0.15, 0.2) is 0 Å². The van der Waals surface area contributed by atoms with Gasteiger partial charge in [0.05, 0.1) is 0 Å². The van der Waals surface area contributed by atoms with Gasteiger partial charge in [0.1, 0.15) is 13.1 Å². The minimum Gasteiger partial charge on any atom is -0.480 e. The molecule has 8 heteroatoms. The van der Waals surface area contributed by atoms with E-state index in [0.29, 0.717) is 6.04 Å². The molecule has 112 valence electrons. The van der Waals surface area contributed by atoms with Crippen molar-refractivity contribution >= 4 is 18.0 Å². The number of aliphatic carboxylic acids is 2. The van der Waals surface area contributed by atoms with Crippen molar-refractivity contribution in [3.05, 3.63) is 0 Å². The molecule has 2 unspecified atom stereocenters. The van der Waals surface area contributed by atoms with E-state index in [4.69, 9.17) is 10.2 Å². The molecule has 2 aliphatic rings. The highest BCUT2D eigenvalue weighted by Gasteiger charge is 2.38. The number of carboxylic acids is 2. The fraction of sp³-hybridized carbons (Fsp3) is 0.750. The Kier molecular flexibility index (Phi) is 4.43. The van der Waals surface area contributed by atoms with E-state index in [-0.39, 0.29) is 6.04 Å². The number of urea groups is 1. The molecule has 0 aromatic rings. The lowest BCUT2D eigenvalue weighted by molar-refractivity contribution is -0.140. The van der Waals surface area contributed by atoms with E-state index in [2.05, 4.69) is 10.2 Å². The second-order valence-electron chi connectivity index (χ2n) is 5.23. The normalized spacial score (nSPS) is 25.2. The number of amides is 2. The average Bonchev–Trinajstić information content (AvgIpc) is 2.91. The summed E-state index contributed by atoms with van der Waals surface area (Å²) in [7, 11) is 0. The largest absolute Gasteiger partial charge is 0.480 e. The molecular formula is C12H19N3O5.